The molecule has 2 saturated heterocycles. The molecule has 1 unspecified atom stereocenters. The van der Waals surface area contributed by atoms with Gasteiger partial charge in [0.25, 0.3) is 0 Å². The molecule has 0 bridgehead atoms. The normalized spacial score (nSPS) is 20.6. The van der Waals surface area contributed by atoms with Gasteiger partial charge in [0.1, 0.15) is 0 Å². The molecule has 0 saturated carbocycles. The molecule has 4 nitrogen and oxygen atoms in total. The molecule has 0 N–H and O–H groups in total. The van der Waals surface area contributed by atoms with E-state index in [0.29, 0.717) is 5.41 Å². The molecule has 2 aliphatic heterocycles. The van der Waals surface area contributed by atoms with Gasteiger partial charge in [-0.05, 0) is 70.6 Å². The van der Waals surface area contributed by atoms with Crippen LogP contribution in [0.25, 0.3) is 0 Å². The van der Waals surface area contributed by atoms with Crippen LogP contribution in [-0.4, -0.2) is 87.3 Å². The molecule has 184 valence electrons. The molecule has 4 heteroatoms. The Morgan fingerprint density at radius 2 is 1.58 bits per heavy atom. The van der Waals surface area contributed by atoms with E-state index in [1.54, 1.807) is 0 Å². The van der Waals surface area contributed by atoms with Crippen molar-refractivity contribution < 1.29 is 4.74 Å². The molecular formula is C27H55N3O. The second-order valence-electron chi connectivity index (χ2n) is 12.1. The van der Waals surface area contributed by atoms with Gasteiger partial charge in [-0.2, -0.15) is 0 Å². The van der Waals surface area contributed by atoms with Crippen LogP contribution in [0.4, 0.5) is 0 Å². The van der Waals surface area contributed by atoms with Crippen LogP contribution in [-0.2, 0) is 4.74 Å². The van der Waals surface area contributed by atoms with Crippen molar-refractivity contribution in [3.8, 4) is 0 Å². The molecule has 1 atom stereocenters. The summed E-state index contributed by atoms with van der Waals surface area (Å²) < 4.78 is 5.60. The van der Waals surface area contributed by atoms with E-state index in [9.17, 15) is 0 Å². The first-order valence-corrected chi connectivity index (χ1v) is 13.4. The van der Waals surface area contributed by atoms with Gasteiger partial charge in [-0.3, -0.25) is 0 Å². The van der Waals surface area contributed by atoms with Gasteiger partial charge < -0.3 is 19.4 Å². The molecule has 0 aliphatic carbocycles. The van der Waals surface area contributed by atoms with Crippen molar-refractivity contribution in [2.75, 3.05) is 66.6 Å². The van der Waals surface area contributed by atoms with E-state index in [1.807, 2.05) is 0 Å². The zero-order valence-corrected chi connectivity index (χ0v) is 22.2. The van der Waals surface area contributed by atoms with Crippen LogP contribution < -0.4 is 0 Å². The lowest BCUT2D eigenvalue weighted by Crippen LogP contribution is -2.58. The fourth-order valence-corrected chi connectivity index (χ4v) is 5.28. The van der Waals surface area contributed by atoms with Crippen molar-refractivity contribution in [1.82, 2.24) is 14.7 Å². The highest BCUT2D eigenvalue weighted by Gasteiger charge is 2.37. The van der Waals surface area contributed by atoms with Crippen LogP contribution >= 0.6 is 0 Å². The van der Waals surface area contributed by atoms with Crippen LogP contribution in [0.3, 0.4) is 0 Å². The molecule has 0 aromatic carbocycles. The average Bonchev–Trinajstić information content (AvgIpc) is 2.60. The Morgan fingerprint density at radius 3 is 2.16 bits per heavy atom. The van der Waals surface area contributed by atoms with Crippen LogP contribution in [0.5, 0.6) is 0 Å². The zero-order chi connectivity index (χ0) is 22.9. The van der Waals surface area contributed by atoms with Crippen LogP contribution in [0.1, 0.15) is 79.6 Å². The van der Waals surface area contributed by atoms with Crippen LogP contribution in [0.15, 0.2) is 0 Å². The fraction of sp³-hybridized carbons (Fsp3) is 1.00. The third-order valence-corrected chi connectivity index (χ3v) is 7.60. The van der Waals surface area contributed by atoms with E-state index >= 15 is 0 Å². The summed E-state index contributed by atoms with van der Waals surface area (Å²) in [5.74, 6) is 2.40. The van der Waals surface area contributed by atoms with Gasteiger partial charge in [0, 0.05) is 37.6 Å². The average molecular weight is 438 g/mol. The van der Waals surface area contributed by atoms with Crippen molar-refractivity contribution in [2.45, 2.75) is 85.6 Å². The van der Waals surface area contributed by atoms with Crippen molar-refractivity contribution in [1.29, 1.82) is 0 Å². The summed E-state index contributed by atoms with van der Waals surface area (Å²) in [4.78, 5) is 7.79. The minimum atomic E-state index is 0.487. The number of nitrogens with zero attached hydrogens (tertiary/aromatic N) is 3. The summed E-state index contributed by atoms with van der Waals surface area (Å²) >= 11 is 0. The highest BCUT2D eigenvalue weighted by molar-refractivity contribution is 4.87. The van der Waals surface area contributed by atoms with Gasteiger partial charge in [-0.25, -0.2) is 0 Å². The van der Waals surface area contributed by atoms with Crippen LogP contribution in [0.2, 0.25) is 0 Å². The Hall–Kier alpha value is -0.160. The number of likely N-dealkylation sites (tertiary alicyclic amines) is 1. The number of likely N-dealkylation sites (N-methyl/N-ethyl adjacent to an activating group) is 1. The summed E-state index contributed by atoms with van der Waals surface area (Å²) in [5, 5.41) is 0. The molecule has 0 spiro atoms. The van der Waals surface area contributed by atoms with Crippen molar-refractivity contribution in [3.63, 3.8) is 0 Å². The molecular weight excluding hydrogens is 382 g/mol. The first-order chi connectivity index (χ1) is 14.7. The Kier molecular flexibility index (Phi) is 11.8. The fourth-order valence-electron chi connectivity index (χ4n) is 5.28. The minimum absolute atomic E-state index is 0.487. The zero-order valence-electron chi connectivity index (χ0n) is 22.2. The second kappa shape index (κ2) is 13.5. The van der Waals surface area contributed by atoms with Gasteiger partial charge in [-0.1, -0.05) is 53.9 Å². The lowest BCUT2D eigenvalue weighted by Gasteiger charge is -2.44. The summed E-state index contributed by atoms with van der Waals surface area (Å²) in [6.07, 6.45) is 9.55. The SMILES string of the molecule is CC(C)CCC1(CCN(C)CC(C)CCCCCN2CC(N(C)CC(C)C)C2)COC1. The number of ether oxygens (including phenoxy) is 1. The molecule has 31 heavy (non-hydrogen) atoms. The van der Waals surface area contributed by atoms with Crippen molar-refractivity contribution >= 4 is 0 Å². The molecule has 2 heterocycles. The quantitative estimate of drug-likeness (QED) is 0.290. The summed E-state index contributed by atoms with van der Waals surface area (Å²) in [6.45, 7) is 21.3. The second-order valence-corrected chi connectivity index (χ2v) is 12.1. The molecule has 0 amide bonds. The first-order valence-electron chi connectivity index (χ1n) is 13.4. The Morgan fingerprint density at radius 1 is 0.871 bits per heavy atom. The predicted molar refractivity (Wildman–Crippen MR) is 135 cm³/mol. The van der Waals surface area contributed by atoms with E-state index < -0.39 is 0 Å². The minimum Gasteiger partial charge on any atom is -0.380 e. The molecule has 2 rings (SSSR count). The highest BCUT2D eigenvalue weighted by Crippen LogP contribution is 2.37. The Balaban J connectivity index is 1.46. The van der Waals surface area contributed by atoms with Gasteiger partial charge in [0.05, 0.1) is 13.2 Å². The number of unbranched alkanes of at least 4 members (excludes halogenated alkanes) is 2. The maximum Gasteiger partial charge on any atom is 0.0545 e. The molecule has 0 radical (unpaired) electrons. The molecule has 2 fully saturated rings. The lowest BCUT2D eigenvalue weighted by atomic mass is 9.76. The van der Waals surface area contributed by atoms with E-state index in [-0.39, 0.29) is 0 Å². The number of hydrogen-bond acceptors (Lipinski definition) is 4. The maximum absolute atomic E-state index is 5.60. The van der Waals surface area contributed by atoms with Gasteiger partial charge in [0.2, 0.25) is 0 Å². The third kappa shape index (κ3) is 10.1. The van der Waals surface area contributed by atoms with Gasteiger partial charge in [-0.15, -0.1) is 0 Å². The highest BCUT2D eigenvalue weighted by atomic mass is 16.5. The summed E-state index contributed by atoms with van der Waals surface area (Å²) in [7, 11) is 4.62. The summed E-state index contributed by atoms with van der Waals surface area (Å²) in [6, 6.07) is 0.800. The standard InChI is InChI=1S/C27H55N3O/c1-23(2)12-13-27(21-31-22-27)14-16-28(6)18-25(5)11-9-8-10-15-30-19-26(20-30)29(7)17-24(3)4/h23-26H,8-22H2,1-7H3. The van der Waals surface area contributed by atoms with Crippen LogP contribution in [0, 0.1) is 23.2 Å². The Labute approximate surface area is 195 Å². The smallest absolute Gasteiger partial charge is 0.0545 e. The number of hydrogen-bond donors (Lipinski definition) is 0. The summed E-state index contributed by atoms with van der Waals surface area (Å²) in [5.41, 5.74) is 0.487. The van der Waals surface area contributed by atoms with E-state index in [1.165, 1.54) is 84.2 Å². The maximum atomic E-state index is 5.60. The van der Waals surface area contributed by atoms with E-state index in [2.05, 4.69) is 63.4 Å². The largest absolute Gasteiger partial charge is 0.380 e. The molecule has 0 aromatic heterocycles. The Bertz CT molecular complexity index is 471. The van der Waals surface area contributed by atoms with Gasteiger partial charge in [0.15, 0.2) is 0 Å². The van der Waals surface area contributed by atoms with Gasteiger partial charge >= 0.3 is 0 Å². The van der Waals surface area contributed by atoms with Crippen molar-refractivity contribution in [2.24, 2.45) is 23.2 Å². The monoisotopic (exact) mass is 437 g/mol. The van der Waals surface area contributed by atoms with E-state index in [4.69, 9.17) is 4.74 Å². The molecule has 2 aliphatic rings. The topological polar surface area (TPSA) is 19.0 Å². The predicted octanol–water partition coefficient (Wildman–Crippen LogP) is 5.23. The third-order valence-electron chi connectivity index (χ3n) is 7.60. The first kappa shape index (κ1) is 27.1. The number of rotatable bonds is 17. The lowest BCUT2D eigenvalue weighted by molar-refractivity contribution is -0.126. The van der Waals surface area contributed by atoms with Crippen molar-refractivity contribution in [3.05, 3.63) is 0 Å². The van der Waals surface area contributed by atoms with E-state index in [0.717, 1.165) is 37.0 Å². The molecule has 0 aromatic rings.